The van der Waals surface area contributed by atoms with Crippen LogP contribution in [0.1, 0.15) is 0 Å². The number of fused-ring (bicyclic) bond motifs is 8. The fourth-order valence-corrected chi connectivity index (χ4v) is 8.40. The number of rotatable bonds is 3. The number of furan rings is 1. The van der Waals surface area contributed by atoms with Crippen LogP contribution in [0.4, 0.5) is 0 Å². The molecule has 0 aliphatic heterocycles. The Balaban J connectivity index is 1.24. The topological polar surface area (TPSA) is 13.1 Å². The lowest BCUT2D eigenvalue weighted by Crippen LogP contribution is -1.89. The van der Waals surface area contributed by atoms with Gasteiger partial charge >= 0.3 is 0 Å². The van der Waals surface area contributed by atoms with E-state index in [-0.39, 0.29) is 0 Å². The van der Waals surface area contributed by atoms with Gasteiger partial charge in [-0.25, -0.2) is 0 Å². The van der Waals surface area contributed by atoms with Crippen LogP contribution in [0.15, 0.2) is 162 Å². The molecule has 2 heterocycles. The summed E-state index contributed by atoms with van der Waals surface area (Å²) in [6, 6.07) is 57.2. The molecule has 46 heavy (non-hydrogen) atoms. The molecule has 0 atom stereocenters. The lowest BCUT2D eigenvalue weighted by molar-refractivity contribution is 0.670. The molecule has 10 aromatic rings. The fraction of sp³-hybridized carbons (Fsp3) is 0. The van der Waals surface area contributed by atoms with Gasteiger partial charge in [0.2, 0.25) is 0 Å². The third-order valence-electron chi connectivity index (χ3n) is 9.46. The molecule has 0 spiro atoms. The molecule has 0 amide bonds. The molecule has 0 N–H and O–H groups in total. The van der Waals surface area contributed by atoms with Crippen molar-refractivity contribution in [2.24, 2.45) is 0 Å². The van der Waals surface area contributed by atoms with Crippen molar-refractivity contribution in [3.8, 4) is 33.4 Å². The number of benzene rings is 8. The van der Waals surface area contributed by atoms with Gasteiger partial charge in [-0.15, -0.1) is 11.3 Å². The van der Waals surface area contributed by atoms with Crippen LogP contribution in [0.3, 0.4) is 0 Å². The highest BCUT2D eigenvalue weighted by molar-refractivity contribution is 7.25. The summed E-state index contributed by atoms with van der Waals surface area (Å²) in [5, 5.41) is 9.86. The van der Waals surface area contributed by atoms with Gasteiger partial charge in [0.25, 0.3) is 0 Å². The largest absolute Gasteiger partial charge is 0.455 e. The highest BCUT2D eigenvalue weighted by Crippen LogP contribution is 2.48. The summed E-state index contributed by atoms with van der Waals surface area (Å²) in [5.41, 5.74) is 8.98. The molecule has 8 aromatic carbocycles. The molecule has 0 saturated heterocycles. The first-order valence-electron chi connectivity index (χ1n) is 15.7. The van der Waals surface area contributed by atoms with E-state index in [0.29, 0.717) is 0 Å². The smallest absolute Gasteiger partial charge is 0.144 e. The maximum Gasteiger partial charge on any atom is 0.144 e. The zero-order chi connectivity index (χ0) is 30.2. The summed E-state index contributed by atoms with van der Waals surface area (Å²) in [6.07, 6.45) is 0. The first kappa shape index (κ1) is 25.6. The Morgan fingerprint density at radius 2 is 0.978 bits per heavy atom. The van der Waals surface area contributed by atoms with Crippen molar-refractivity contribution in [3.05, 3.63) is 158 Å². The average molecular weight is 603 g/mol. The second kappa shape index (κ2) is 9.90. The lowest BCUT2D eigenvalue weighted by atomic mass is 9.87. The van der Waals surface area contributed by atoms with Gasteiger partial charge in [-0.1, -0.05) is 127 Å². The number of thiophene rings is 1. The van der Waals surface area contributed by atoms with Gasteiger partial charge in [0, 0.05) is 42.1 Å². The summed E-state index contributed by atoms with van der Waals surface area (Å²) in [7, 11) is 0. The highest BCUT2D eigenvalue weighted by Gasteiger charge is 2.22. The molecular formula is C44H26OS. The van der Waals surface area contributed by atoms with Crippen molar-refractivity contribution >= 4 is 75.0 Å². The van der Waals surface area contributed by atoms with Crippen LogP contribution in [-0.4, -0.2) is 0 Å². The SMILES string of the molecule is c1ccc2cc(-c3ccc(-c4c5ccccc5c(-c5ccc6sc7ccccc7c6c5)c5c4oc4ccccc45)cc3)ccc2c1. The molecule has 10 rings (SSSR count). The lowest BCUT2D eigenvalue weighted by Gasteiger charge is -2.15. The van der Waals surface area contributed by atoms with Crippen LogP contribution < -0.4 is 0 Å². The molecule has 2 aromatic heterocycles. The zero-order valence-electron chi connectivity index (χ0n) is 24.8. The van der Waals surface area contributed by atoms with Crippen LogP contribution in [0.5, 0.6) is 0 Å². The van der Waals surface area contributed by atoms with E-state index in [1.54, 1.807) is 0 Å². The quantitative estimate of drug-likeness (QED) is 0.196. The Kier molecular flexibility index (Phi) is 5.51. The minimum atomic E-state index is 0.908. The summed E-state index contributed by atoms with van der Waals surface area (Å²) in [4.78, 5) is 0. The number of hydrogen-bond donors (Lipinski definition) is 0. The maximum atomic E-state index is 6.82. The van der Waals surface area contributed by atoms with Crippen molar-refractivity contribution < 1.29 is 4.42 Å². The molecule has 0 bridgehead atoms. The predicted molar refractivity (Wildman–Crippen MR) is 198 cm³/mol. The number of hydrogen-bond acceptors (Lipinski definition) is 2. The van der Waals surface area contributed by atoms with Crippen molar-refractivity contribution in [2.45, 2.75) is 0 Å². The van der Waals surface area contributed by atoms with Gasteiger partial charge in [-0.05, 0) is 74.1 Å². The second-order valence-corrected chi connectivity index (χ2v) is 13.1. The molecule has 0 radical (unpaired) electrons. The van der Waals surface area contributed by atoms with Gasteiger partial charge < -0.3 is 4.42 Å². The van der Waals surface area contributed by atoms with Crippen LogP contribution in [-0.2, 0) is 0 Å². The van der Waals surface area contributed by atoms with Crippen molar-refractivity contribution in [2.75, 3.05) is 0 Å². The zero-order valence-corrected chi connectivity index (χ0v) is 25.6. The van der Waals surface area contributed by atoms with Crippen molar-refractivity contribution in [3.63, 3.8) is 0 Å². The Morgan fingerprint density at radius 1 is 0.370 bits per heavy atom. The van der Waals surface area contributed by atoms with E-state index in [0.717, 1.165) is 27.7 Å². The Morgan fingerprint density at radius 3 is 1.83 bits per heavy atom. The summed E-state index contributed by atoms with van der Waals surface area (Å²) in [6.45, 7) is 0. The van der Waals surface area contributed by atoms with Gasteiger partial charge in [0.05, 0.1) is 0 Å². The van der Waals surface area contributed by atoms with E-state index >= 15 is 0 Å². The fourth-order valence-electron chi connectivity index (χ4n) is 7.31. The van der Waals surface area contributed by atoms with Crippen molar-refractivity contribution in [1.29, 1.82) is 0 Å². The summed E-state index contributed by atoms with van der Waals surface area (Å²) >= 11 is 1.86. The predicted octanol–water partition coefficient (Wildman–Crippen LogP) is 13.3. The molecule has 0 fully saturated rings. The molecule has 0 unspecified atom stereocenters. The molecule has 2 heteroatoms. The van der Waals surface area contributed by atoms with Crippen molar-refractivity contribution in [1.82, 2.24) is 0 Å². The first-order chi connectivity index (χ1) is 22.8. The molecular weight excluding hydrogens is 577 g/mol. The van der Waals surface area contributed by atoms with E-state index in [2.05, 4.69) is 158 Å². The monoisotopic (exact) mass is 602 g/mol. The summed E-state index contributed by atoms with van der Waals surface area (Å²) < 4.78 is 9.45. The van der Waals surface area contributed by atoms with Gasteiger partial charge in [-0.2, -0.15) is 0 Å². The van der Waals surface area contributed by atoms with E-state index in [1.807, 2.05) is 11.3 Å². The van der Waals surface area contributed by atoms with E-state index in [1.165, 1.54) is 69.4 Å². The normalized spacial score (nSPS) is 11.9. The third kappa shape index (κ3) is 3.81. The third-order valence-corrected chi connectivity index (χ3v) is 10.6. The Labute approximate surface area is 269 Å². The molecule has 214 valence electrons. The van der Waals surface area contributed by atoms with E-state index in [9.17, 15) is 0 Å². The molecule has 0 aliphatic rings. The van der Waals surface area contributed by atoms with E-state index < -0.39 is 0 Å². The second-order valence-electron chi connectivity index (χ2n) is 12.0. The minimum absolute atomic E-state index is 0.908. The molecule has 1 nitrogen and oxygen atoms in total. The maximum absolute atomic E-state index is 6.82. The van der Waals surface area contributed by atoms with E-state index in [4.69, 9.17) is 4.42 Å². The van der Waals surface area contributed by atoms with Gasteiger partial charge in [0.15, 0.2) is 0 Å². The Bertz CT molecular complexity index is 2800. The summed E-state index contributed by atoms with van der Waals surface area (Å²) in [5.74, 6) is 0. The standard InChI is InChI=1S/C44H26OS/c1-2-10-30-25-31(22-19-27(30)9-1)28-17-20-29(21-18-28)42-35-13-4-3-12-34(35)41(43-36-14-5-7-15-38(36)45-44(42)43)32-23-24-40-37(26-32)33-11-6-8-16-39(33)46-40/h1-26H. The first-order valence-corrected chi connectivity index (χ1v) is 16.5. The average Bonchev–Trinajstić information content (AvgIpc) is 3.69. The number of para-hydroxylation sites is 1. The molecule has 0 aliphatic carbocycles. The van der Waals surface area contributed by atoms with Crippen LogP contribution in [0.25, 0.3) is 97.0 Å². The minimum Gasteiger partial charge on any atom is -0.455 e. The van der Waals surface area contributed by atoms with Crippen LogP contribution in [0.2, 0.25) is 0 Å². The highest BCUT2D eigenvalue weighted by atomic mass is 32.1. The van der Waals surface area contributed by atoms with Crippen LogP contribution in [0, 0.1) is 0 Å². The van der Waals surface area contributed by atoms with Crippen LogP contribution >= 0.6 is 11.3 Å². The Hall–Kier alpha value is -5.70. The van der Waals surface area contributed by atoms with Gasteiger partial charge in [-0.3, -0.25) is 0 Å². The van der Waals surface area contributed by atoms with Gasteiger partial charge in [0.1, 0.15) is 11.2 Å². The molecule has 0 saturated carbocycles.